The van der Waals surface area contributed by atoms with Crippen LogP contribution in [-0.2, 0) is 0 Å². The average Bonchev–Trinajstić information content (AvgIpc) is 3.38. The molecule has 1 aromatic carbocycles. The highest BCUT2D eigenvalue weighted by atomic mass is 19.1. The predicted molar refractivity (Wildman–Crippen MR) is 115 cm³/mol. The van der Waals surface area contributed by atoms with Crippen molar-refractivity contribution in [1.29, 1.82) is 0 Å². The number of nitrogens with one attached hydrogen (secondary N) is 1. The summed E-state index contributed by atoms with van der Waals surface area (Å²) in [6.45, 7) is 8.10. The molecular formula is C23H23FN6O. The Hall–Kier alpha value is -3.39. The van der Waals surface area contributed by atoms with Gasteiger partial charge in [0.05, 0.1) is 22.6 Å². The average molecular weight is 418 g/mol. The Morgan fingerprint density at radius 2 is 1.94 bits per heavy atom. The Labute approximate surface area is 179 Å². The molecule has 2 N–H and O–H groups in total. The first-order chi connectivity index (χ1) is 14.8. The first-order valence-electron chi connectivity index (χ1n) is 10.1. The number of rotatable bonds is 4. The van der Waals surface area contributed by atoms with E-state index in [2.05, 4.69) is 39.2 Å². The van der Waals surface area contributed by atoms with Crippen LogP contribution in [0.25, 0.3) is 22.5 Å². The summed E-state index contributed by atoms with van der Waals surface area (Å²) in [5, 5.41) is 30.0. The van der Waals surface area contributed by atoms with E-state index >= 15 is 4.39 Å². The number of halogens is 1. The second-order valence-corrected chi connectivity index (χ2v) is 8.77. The minimum absolute atomic E-state index is 0.0674. The number of piperidine rings is 1. The standard InChI is InChI=1S/C23H23FN6O/c1-14(17-11-22(2)8-9-23(3,29-22)21(17)24)18-6-7-19(28-27-18)16-5-4-15(10-20(16)31)30-12-25-26-13-30/h4-10,12-13,17,21,29,31H,1,11H2,2-3H3/t17-,21+,22+,23-/m1/s1. The number of hydrogen-bond donors (Lipinski definition) is 2. The number of alkyl halides is 1. The van der Waals surface area contributed by atoms with Gasteiger partial charge in [0, 0.05) is 23.1 Å². The molecule has 0 unspecified atom stereocenters. The first-order valence-corrected chi connectivity index (χ1v) is 10.1. The number of aromatic hydroxyl groups is 1. The lowest BCUT2D eigenvalue weighted by molar-refractivity contribution is 0.0913. The third-order valence-electron chi connectivity index (χ3n) is 6.34. The maximum absolute atomic E-state index is 15.3. The van der Waals surface area contributed by atoms with E-state index in [9.17, 15) is 5.11 Å². The monoisotopic (exact) mass is 418 g/mol. The minimum Gasteiger partial charge on any atom is -0.507 e. The van der Waals surface area contributed by atoms with Crippen molar-refractivity contribution in [3.05, 3.63) is 67.4 Å². The fraction of sp³-hybridized carbons (Fsp3) is 0.304. The highest BCUT2D eigenvalue weighted by Crippen LogP contribution is 2.46. The summed E-state index contributed by atoms with van der Waals surface area (Å²) in [6, 6.07) is 8.76. The van der Waals surface area contributed by atoms with E-state index < -0.39 is 11.7 Å². The SMILES string of the molecule is C=C(c1ccc(-c2ccc(-n3cnnc3)cc2O)nn1)[C@H]1C[C@]2(C)C=C[C@@](C)(N2)[C@H]1F. The fourth-order valence-electron chi connectivity index (χ4n) is 4.68. The molecule has 31 heavy (non-hydrogen) atoms. The van der Waals surface area contributed by atoms with Gasteiger partial charge in [-0.05, 0) is 50.1 Å². The van der Waals surface area contributed by atoms with Crippen molar-refractivity contribution in [2.45, 2.75) is 37.5 Å². The number of fused-ring (bicyclic) bond motifs is 2. The molecule has 2 aromatic heterocycles. The molecule has 0 amide bonds. The van der Waals surface area contributed by atoms with Crippen LogP contribution in [0, 0.1) is 5.92 Å². The van der Waals surface area contributed by atoms with Gasteiger partial charge < -0.3 is 5.11 Å². The van der Waals surface area contributed by atoms with Crippen LogP contribution in [0.2, 0.25) is 0 Å². The van der Waals surface area contributed by atoms with Crippen LogP contribution in [0.1, 0.15) is 26.0 Å². The molecule has 1 saturated heterocycles. The van der Waals surface area contributed by atoms with Gasteiger partial charge in [0.1, 0.15) is 24.6 Å². The molecule has 0 spiro atoms. The lowest BCUT2D eigenvalue weighted by Gasteiger charge is -2.45. The van der Waals surface area contributed by atoms with Crippen molar-refractivity contribution in [3.8, 4) is 22.7 Å². The second-order valence-electron chi connectivity index (χ2n) is 8.77. The molecule has 3 aromatic rings. The summed E-state index contributed by atoms with van der Waals surface area (Å²) in [4.78, 5) is 0. The maximum Gasteiger partial charge on any atom is 0.128 e. The largest absolute Gasteiger partial charge is 0.507 e. The van der Waals surface area contributed by atoms with Crippen molar-refractivity contribution in [2.24, 2.45) is 5.92 Å². The van der Waals surface area contributed by atoms with Gasteiger partial charge in [-0.2, -0.15) is 5.10 Å². The van der Waals surface area contributed by atoms with Gasteiger partial charge in [0.15, 0.2) is 0 Å². The Bertz CT molecular complexity index is 1180. The fourth-order valence-corrected chi connectivity index (χ4v) is 4.68. The normalized spacial score (nSPS) is 29.3. The van der Waals surface area contributed by atoms with Crippen LogP contribution < -0.4 is 5.32 Å². The van der Waals surface area contributed by atoms with Crippen LogP contribution in [0.5, 0.6) is 5.75 Å². The number of aromatic nitrogens is 5. The number of hydrogen-bond acceptors (Lipinski definition) is 6. The van der Waals surface area contributed by atoms with Crippen molar-refractivity contribution in [1.82, 2.24) is 30.3 Å². The lowest BCUT2D eigenvalue weighted by atomic mass is 9.74. The lowest BCUT2D eigenvalue weighted by Crippen LogP contribution is -2.61. The van der Waals surface area contributed by atoms with Crippen LogP contribution in [0.15, 0.2) is 61.7 Å². The van der Waals surface area contributed by atoms with E-state index in [1.54, 1.807) is 41.5 Å². The molecule has 4 atom stereocenters. The summed E-state index contributed by atoms with van der Waals surface area (Å²) in [6.07, 6.45) is 6.57. The number of nitrogens with zero attached hydrogens (tertiary/aromatic N) is 5. The van der Waals surface area contributed by atoms with Crippen molar-refractivity contribution >= 4 is 5.57 Å². The molecule has 2 aliphatic rings. The zero-order chi connectivity index (χ0) is 21.8. The van der Waals surface area contributed by atoms with E-state index in [1.165, 1.54) is 0 Å². The molecule has 2 bridgehead atoms. The highest BCUT2D eigenvalue weighted by molar-refractivity contribution is 5.70. The van der Waals surface area contributed by atoms with E-state index in [-0.39, 0.29) is 17.2 Å². The molecule has 4 heterocycles. The summed E-state index contributed by atoms with van der Waals surface area (Å²) in [5.74, 6) is -0.291. The van der Waals surface area contributed by atoms with E-state index in [4.69, 9.17) is 0 Å². The molecule has 8 heteroatoms. The minimum atomic E-state index is -1.11. The Morgan fingerprint density at radius 3 is 2.61 bits per heavy atom. The molecule has 0 saturated carbocycles. The maximum atomic E-state index is 15.3. The van der Waals surface area contributed by atoms with Crippen LogP contribution in [0.4, 0.5) is 4.39 Å². The van der Waals surface area contributed by atoms with Crippen LogP contribution >= 0.6 is 0 Å². The quantitative estimate of drug-likeness (QED) is 0.631. The number of allylic oxidation sites excluding steroid dienone is 1. The van der Waals surface area contributed by atoms with Gasteiger partial charge in [-0.3, -0.25) is 9.88 Å². The van der Waals surface area contributed by atoms with Crippen molar-refractivity contribution < 1.29 is 9.50 Å². The zero-order valence-corrected chi connectivity index (χ0v) is 17.3. The summed E-state index contributed by atoms with van der Waals surface area (Å²) < 4.78 is 17.0. The topological polar surface area (TPSA) is 88.8 Å². The molecule has 0 radical (unpaired) electrons. The Morgan fingerprint density at radius 1 is 1.16 bits per heavy atom. The van der Waals surface area contributed by atoms with E-state index in [0.29, 0.717) is 28.9 Å². The first kappa shape index (κ1) is 19.6. The third kappa shape index (κ3) is 3.23. The number of phenolic OH excluding ortho intramolecular Hbond substituents is 1. The molecule has 1 fully saturated rings. The molecule has 7 nitrogen and oxygen atoms in total. The second kappa shape index (κ2) is 6.81. The van der Waals surface area contributed by atoms with Gasteiger partial charge in [0.25, 0.3) is 0 Å². The van der Waals surface area contributed by atoms with Crippen LogP contribution in [-0.4, -0.2) is 47.3 Å². The summed E-state index contributed by atoms with van der Waals surface area (Å²) in [7, 11) is 0. The van der Waals surface area contributed by atoms with E-state index in [1.807, 2.05) is 25.1 Å². The molecule has 2 aliphatic heterocycles. The van der Waals surface area contributed by atoms with Gasteiger partial charge in [0.2, 0.25) is 0 Å². The van der Waals surface area contributed by atoms with Gasteiger partial charge >= 0.3 is 0 Å². The predicted octanol–water partition coefficient (Wildman–Crippen LogP) is 3.48. The molecule has 158 valence electrons. The van der Waals surface area contributed by atoms with Crippen molar-refractivity contribution in [3.63, 3.8) is 0 Å². The van der Waals surface area contributed by atoms with Crippen LogP contribution in [0.3, 0.4) is 0 Å². The summed E-state index contributed by atoms with van der Waals surface area (Å²) in [5.41, 5.74) is 2.05. The number of benzene rings is 1. The Balaban J connectivity index is 1.39. The highest BCUT2D eigenvalue weighted by Gasteiger charge is 2.52. The number of phenols is 1. The molecule has 5 rings (SSSR count). The van der Waals surface area contributed by atoms with Gasteiger partial charge in [-0.15, -0.1) is 15.3 Å². The van der Waals surface area contributed by atoms with Gasteiger partial charge in [-0.25, -0.2) is 4.39 Å². The summed E-state index contributed by atoms with van der Waals surface area (Å²) >= 11 is 0. The smallest absolute Gasteiger partial charge is 0.128 e. The molecular weight excluding hydrogens is 395 g/mol. The third-order valence-corrected chi connectivity index (χ3v) is 6.34. The van der Waals surface area contributed by atoms with E-state index in [0.717, 1.165) is 5.69 Å². The Kier molecular flexibility index (Phi) is 4.30. The van der Waals surface area contributed by atoms with Crippen molar-refractivity contribution in [2.75, 3.05) is 0 Å². The zero-order valence-electron chi connectivity index (χ0n) is 17.3. The molecule has 0 aliphatic carbocycles. The van der Waals surface area contributed by atoms with Gasteiger partial charge in [-0.1, -0.05) is 18.7 Å².